The quantitative estimate of drug-likeness (QED) is 0.575. The molecular weight excluding hydrogens is 430 g/mol. The molecule has 1 amide bonds. The lowest BCUT2D eigenvalue weighted by atomic mass is 10.0. The molecule has 0 spiro atoms. The average Bonchev–Trinajstić information content (AvgIpc) is 3.23. The number of sulfone groups is 1. The van der Waals surface area contributed by atoms with E-state index in [0.717, 1.165) is 23.7 Å². The number of thiazole rings is 1. The Kier molecular flexibility index (Phi) is 6.03. The third-order valence-electron chi connectivity index (χ3n) is 5.74. The molecule has 0 unspecified atom stereocenters. The molecule has 6 nitrogen and oxygen atoms in total. The first-order valence-corrected chi connectivity index (χ1v) is 13.0. The van der Waals surface area contributed by atoms with Gasteiger partial charge in [-0.15, -0.1) is 0 Å². The van der Waals surface area contributed by atoms with Crippen molar-refractivity contribution in [3.63, 3.8) is 0 Å². The van der Waals surface area contributed by atoms with Crippen LogP contribution in [0.2, 0.25) is 0 Å². The van der Waals surface area contributed by atoms with E-state index in [1.54, 1.807) is 30.4 Å². The van der Waals surface area contributed by atoms with Gasteiger partial charge in [-0.1, -0.05) is 44.2 Å². The third kappa shape index (κ3) is 4.32. The number of anilines is 1. The number of rotatable bonds is 5. The first-order chi connectivity index (χ1) is 14.8. The van der Waals surface area contributed by atoms with Crippen LogP contribution in [-0.4, -0.2) is 56.1 Å². The van der Waals surface area contributed by atoms with E-state index >= 15 is 0 Å². The average molecular weight is 458 g/mol. The van der Waals surface area contributed by atoms with Crippen LogP contribution in [0.3, 0.4) is 0 Å². The van der Waals surface area contributed by atoms with Gasteiger partial charge in [0.25, 0.3) is 5.91 Å². The van der Waals surface area contributed by atoms with Crippen LogP contribution in [0.4, 0.5) is 5.13 Å². The van der Waals surface area contributed by atoms with Gasteiger partial charge < -0.3 is 9.80 Å². The van der Waals surface area contributed by atoms with Crippen molar-refractivity contribution in [2.45, 2.75) is 31.6 Å². The summed E-state index contributed by atoms with van der Waals surface area (Å²) in [5.74, 6) is 0.408. The molecule has 2 heterocycles. The number of hydrogen-bond acceptors (Lipinski definition) is 6. The zero-order chi connectivity index (χ0) is 22.2. The molecule has 0 radical (unpaired) electrons. The van der Waals surface area contributed by atoms with Gasteiger partial charge in [-0.05, 0) is 41.8 Å². The number of hydrogen-bond donors (Lipinski definition) is 0. The number of carbonyl (C=O) groups excluding carboxylic acids is 1. The summed E-state index contributed by atoms with van der Waals surface area (Å²) >= 11 is 1.70. The molecule has 3 aromatic rings. The van der Waals surface area contributed by atoms with Crippen molar-refractivity contribution >= 4 is 42.4 Å². The Balaban J connectivity index is 1.44. The Hall–Kier alpha value is -2.45. The summed E-state index contributed by atoms with van der Waals surface area (Å²) in [6, 6.07) is 12.6. The van der Waals surface area contributed by atoms with Crippen LogP contribution in [0.1, 0.15) is 42.6 Å². The van der Waals surface area contributed by atoms with Crippen LogP contribution in [0.15, 0.2) is 47.4 Å². The van der Waals surface area contributed by atoms with Gasteiger partial charge >= 0.3 is 0 Å². The number of nitrogens with zero attached hydrogens (tertiary/aromatic N) is 3. The molecule has 0 N–H and O–H groups in total. The molecule has 164 valence electrons. The smallest absolute Gasteiger partial charge is 0.253 e. The zero-order valence-electron chi connectivity index (χ0n) is 18.0. The summed E-state index contributed by atoms with van der Waals surface area (Å²) in [4.78, 5) is 22.1. The highest BCUT2D eigenvalue weighted by Gasteiger charge is 2.25. The summed E-state index contributed by atoms with van der Waals surface area (Å²) in [5.41, 5.74) is 2.87. The predicted molar refractivity (Wildman–Crippen MR) is 126 cm³/mol. The van der Waals surface area contributed by atoms with Crippen LogP contribution in [0.25, 0.3) is 10.2 Å². The van der Waals surface area contributed by atoms with Crippen molar-refractivity contribution in [1.82, 2.24) is 9.88 Å². The molecule has 1 aliphatic rings. The van der Waals surface area contributed by atoms with E-state index in [0.29, 0.717) is 24.6 Å². The van der Waals surface area contributed by atoms with Crippen molar-refractivity contribution in [1.29, 1.82) is 0 Å². The van der Waals surface area contributed by atoms with Gasteiger partial charge in [0.05, 0.1) is 20.9 Å². The van der Waals surface area contributed by atoms with E-state index in [9.17, 15) is 13.2 Å². The minimum atomic E-state index is -3.26. The number of aromatic nitrogens is 1. The van der Waals surface area contributed by atoms with Crippen molar-refractivity contribution in [2.75, 3.05) is 36.8 Å². The highest BCUT2D eigenvalue weighted by Crippen LogP contribution is 2.33. The maximum atomic E-state index is 12.9. The van der Waals surface area contributed by atoms with Crippen molar-refractivity contribution < 1.29 is 13.2 Å². The molecule has 1 aromatic heterocycles. The molecule has 1 saturated heterocycles. The van der Waals surface area contributed by atoms with Gasteiger partial charge in [-0.2, -0.15) is 0 Å². The van der Waals surface area contributed by atoms with Crippen LogP contribution >= 0.6 is 11.3 Å². The first kappa shape index (κ1) is 21.8. The molecule has 1 fully saturated rings. The van der Waals surface area contributed by atoms with E-state index in [1.165, 1.54) is 22.4 Å². The minimum Gasteiger partial charge on any atom is -0.345 e. The van der Waals surface area contributed by atoms with Gasteiger partial charge in [0, 0.05) is 31.7 Å². The predicted octanol–water partition coefficient (Wildman–Crippen LogP) is 4.18. The lowest BCUT2D eigenvalue weighted by molar-refractivity contribution is 0.0746. The fourth-order valence-corrected chi connectivity index (χ4v) is 5.75. The molecule has 1 aliphatic heterocycles. The fourth-order valence-electron chi connectivity index (χ4n) is 3.81. The molecule has 0 bridgehead atoms. The molecule has 0 saturated carbocycles. The Bertz CT molecular complexity index is 1190. The third-order valence-corrected chi connectivity index (χ3v) is 8.57. The molecule has 2 aromatic carbocycles. The Labute approximate surface area is 187 Å². The van der Waals surface area contributed by atoms with Crippen molar-refractivity contribution in [3.8, 4) is 0 Å². The maximum Gasteiger partial charge on any atom is 0.253 e. The first-order valence-electron chi connectivity index (χ1n) is 10.6. The maximum absolute atomic E-state index is 12.9. The van der Waals surface area contributed by atoms with Gasteiger partial charge in [-0.25, -0.2) is 13.4 Å². The number of benzene rings is 2. The van der Waals surface area contributed by atoms with E-state index in [4.69, 9.17) is 4.98 Å². The zero-order valence-corrected chi connectivity index (χ0v) is 19.7. The number of fused-ring (bicyclic) bond motifs is 1. The number of piperazine rings is 1. The molecule has 8 heteroatoms. The Morgan fingerprint density at radius 3 is 2.35 bits per heavy atom. The lowest BCUT2D eigenvalue weighted by Gasteiger charge is -2.34. The highest BCUT2D eigenvalue weighted by molar-refractivity contribution is 7.91. The second kappa shape index (κ2) is 8.59. The topological polar surface area (TPSA) is 70.6 Å². The van der Waals surface area contributed by atoms with Crippen molar-refractivity contribution in [2.24, 2.45) is 0 Å². The minimum absolute atomic E-state index is 0.0483. The largest absolute Gasteiger partial charge is 0.345 e. The van der Waals surface area contributed by atoms with Gasteiger partial charge in [0.15, 0.2) is 15.0 Å². The molecule has 0 aliphatic carbocycles. The Morgan fingerprint density at radius 1 is 1.06 bits per heavy atom. The highest BCUT2D eigenvalue weighted by atomic mass is 32.2. The number of carbonyl (C=O) groups is 1. The Morgan fingerprint density at radius 2 is 1.74 bits per heavy atom. The van der Waals surface area contributed by atoms with Crippen LogP contribution in [0.5, 0.6) is 0 Å². The summed E-state index contributed by atoms with van der Waals surface area (Å²) in [5, 5.41) is 1.00. The van der Waals surface area contributed by atoms with Gasteiger partial charge in [-0.3, -0.25) is 4.79 Å². The monoisotopic (exact) mass is 457 g/mol. The standard InChI is InChI=1S/C23H27N3O3S2/c1-4-31(28,29)18-10-8-17(9-11-18)22(27)25-12-14-26(15-13-25)23-24-21-19(16(2)3)6-5-7-20(21)30-23/h5-11,16H,4,12-15H2,1-3H3. The summed E-state index contributed by atoms with van der Waals surface area (Å²) in [6.45, 7) is 8.66. The number of para-hydroxylation sites is 1. The normalized spacial score (nSPS) is 15.1. The summed E-state index contributed by atoms with van der Waals surface area (Å²) in [7, 11) is -3.26. The SMILES string of the molecule is CCS(=O)(=O)c1ccc(C(=O)N2CCN(c3nc4c(C(C)C)cccc4s3)CC2)cc1. The van der Waals surface area contributed by atoms with Crippen LogP contribution in [-0.2, 0) is 9.84 Å². The van der Waals surface area contributed by atoms with Gasteiger partial charge in [0.2, 0.25) is 0 Å². The molecular formula is C23H27N3O3S2. The van der Waals surface area contributed by atoms with Gasteiger partial charge in [0.1, 0.15) is 0 Å². The second-order valence-corrected chi connectivity index (χ2v) is 11.3. The van der Waals surface area contributed by atoms with E-state index in [2.05, 4.69) is 36.9 Å². The molecule has 0 atom stereocenters. The second-order valence-electron chi connectivity index (χ2n) is 8.05. The van der Waals surface area contributed by atoms with Crippen molar-refractivity contribution in [3.05, 3.63) is 53.6 Å². The molecule has 31 heavy (non-hydrogen) atoms. The summed E-state index contributed by atoms with van der Waals surface area (Å²) in [6.07, 6.45) is 0. The van der Waals surface area contributed by atoms with Crippen LogP contribution < -0.4 is 4.90 Å². The number of amides is 1. The lowest BCUT2D eigenvalue weighted by Crippen LogP contribution is -2.48. The van der Waals surface area contributed by atoms with E-state index < -0.39 is 9.84 Å². The van der Waals surface area contributed by atoms with Crippen LogP contribution in [0, 0.1) is 0 Å². The molecule has 4 rings (SSSR count). The van der Waals surface area contributed by atoms with E-state index in [1.807, 2.05) is 4.90 Å². The fraction of sp³-hybridized carbons (Fsp3) is 0.391. The summed E-state index contributed by atoms with van der Waals surface area (Å²) < 4.78 is 25.1. The van der Waals surface area contributed by atoms with E-state index in [-0.39, 0.29) is 16.6 Å².